The van der Waals surface area contributed by atoms with Gasteiger partial charge in [0, 0.05) is 16.8 Å². The van der Waals surface area contributed by atoms with Crippen molar-refractivity contribution in [2.45, 2.75) is 11.8 Å². The average molecular weight is 294 g/mol. The van der Waals surface area contributed by atoms with Gasteiger partial charge in [-0.25, -0.2) is 8.42 Å². The lowest BCUT2D eigenvalue weighted by Crippen LogP contribution is -2.10. The third kappa shape index (κ3) is 3.19. The van der Waals surface area contributed by atoms with E-state index in [4.69, 9.17) is 10.5 Å². The summed E-state index contributed by atoms with van der Waals surface area (Å²) in [5, 5.41) is 0. The normalized spacial score (nSPS) is 11.6. The highest BCUT2D eigenvalue weighted by Crippen LogP contribution is 2.25. The first-order chi connectivity index (χ1) is 6.97. The molecular formula is C9H12BrNO3S. The quantitative estimate of drug-likeness (QED) is 0.860. The van der Waals surface area contributed by atoms with E-state index in [1.54, 1.807) is 19.1 Å². The van der Waals surface area contributed by atoms with Crippen molar-refractivity contribution in [3.05, 3.63) is 22.7 Å². The molecule has 2 N–H and O–H groups in total. The molecule has 0 saturated heterocycles. The summed E-state index contributed by atoms with van der Waals surface area (Å²) in [5.41, 5.74) is 6.03. The molecule has 0 aliphatic heterocycles. The first-order valence-corrected chi connectivity index (χ1v) is 6.77. The molecule has 6 heteroatoms. The maximum absolute atomic E-state index is 11.7. The number of hydrogen-bond acceptors (Lipinski definition) is 4. The second kappa shape index (κ2) is 4.96. The lowest BCUT2D eigenvalue weighted by Gasteiger charge is -2.07. The summed E-state index contributed by atoms with van der Waals surface area (Å²) in [4.78, 5) is 0.199. The molecule has 0 saturated carbocycles. The minimum absolute atomic E-state index is 0.199. The van der Waals surface area contributed by atoms with E-state index < -0.39 is 9.84 Å². The Hall–Kier alpha value is -0.590. The fourth-order valence-electron chi connectivity index (χ4n) is 1.03. The lowest BCUT2D eigenvalue weighted by atomic mass is 10.3. The molecule has 84 valence electrons. The van der Waals surface area contributed by atoms with Gasteiger partial charge in [-0.3, -0.25) is 0 Å². The molecule has 0 aromatic heterocycles. The molecule has 1 aromatic rings. The summed E-state index contributed by atoms with van der Waals surface area (Å²) in [7, 11) is -3.39. The second-order valence-electron chi connectivity index (χ2n) is 2.92. The van der Waals surface area contributed by atoms with E-state index in [0.29, 0.717) is 16.8 Å². The Balaban J connectivity index is 3.05. The number of nitrogen functional groups attached to an aromatic ring is 1. The molecule has 0 spiro atoms. The Morgan fingerprint density at radius 2 is 2.13 bits per heavy atom. The van der Waals surface area contributed by atoms with Gasteiger partial charge in [-0.15, -0.1) is 0 Å². The number of halogens is 1. The zero-order valence-electron chi connectivity index (χ0n) is 8.23. The number of hydrogen-bond donors (Lipinski definition) is 1. The Bertz CT molecular complexity index is 445. The van der Waals surface area contributed by atoms with E-state index in [-0.39, 0.29) is 10.8 Å². The van der Waals surface area contributed by atoms with Crippen LogP contribution in [-0.4, -0.2) is 21.0 Å². The Kier molecular flexibility index (Phi) is 4.12. The highest BCUT2D eigenvalue weighted by Gasteiger charge is 2.17. The summed E-state index contributed by atoms with van der Waals surface area (Å²) < 4.78 is 28.8. The number of nitrogens with two attached hydrogens (primary N) is 1. The predicted octanol–water partition coefficient (Wildman–Crippen LogP) is 1.80. The van der Waals surface area contributed by atoms with Gasteiger partial charge < -0.3 is 10.5 Å². The van der Waals surface area contributed by atoms with Crippen LogP contribution in [0.5, 0.6) is 0 Å². The van der Waals surface area contributed by atoms with E-state index in [1.807, 2.05) is 0 Å². The largest absolute Gasteiger partial charge is 0.399 e. The van der Waals surface area contributed by atoms with Gasteiger partial charge in [0.1, 0.15) is 0 Å². The van der Waals surface area contributed by atoms with Crippen molar-refractivity contribution in [3.63, 3.8) is 0 Å². The molecule has 0 fully saturated rings. The molecule has 15 heavy (non-hydrogen) atoms. The average Bonchev–Trinajstić information content (AvgIpc) is 2.14. The summed E-state index contributed by atoms with van der Waals surface area (Å²) in [6.45, 7) is 2.11. The van der Waals surface area contributed by atoms with Crippen LogP contribution in [0, 0.1) is 0 Å². The van der Waals surface area contributed by atoms with Crippen molar-refractivity contribution in [2.75, 3.05) is 18.3 Å². The molecule has 0 aliphatic rings. The van der Waals surface area contributed by atoms with Crippen LogP contribution in [0.2, 0.25) is 0 Å². The third-order valence-electron chi connectivity index (χ3n) is 1.73. The molecule has 4 nitrogen and oxygen atoms in total. The van der Waals surface area contributed by atoms with E-state index in [2.05, 4.69) is 15.9 Å². The van der Waals surface area contributed by atoms with Crippen LogP contribution < -0.4 is 5.73 Å². The maximum atomic E-state index is 11.7. The Labute approximate surface area is 97.5 Å². The van der Waals surface area contributed by atoms with Gasteiger partial charge in [-0.1, -0.05) is 0 Å². The Morgan fingerprint density at radius 1 is 1.47 bits per heavy atom. The predicted molar refractivity (Wildman–Crippen MR) is 62.2 cm³/mol. The molecule has 0 radical (unpaired) electrons. The van der Waals surface area contributed by atoms with Gasteiger partial charge in [-0.05, 0) is 41.1 Å². The van der Waals surface area contributed by atoms with Crippen LogP contribution in [0.15, 0.2) is 27.6 Å². The number of rotatable bonds is 4. The van der Waals surface area contributed by atoms with Gasteiger partial charge in [0.15, 0.2) is 5.94 Å². The molecular weight excluding hydrogens is 282 g/mol. The summed E-state index contributed by atoms with van der Waals surface area (Å²) in [6, 6.07) is 4.57. The van der Waals surface area contributed by atoms with Crippen molar-refractivity contribution in [3.8, 4) is 0 Å². The third-order valence-corrected chi connectivity index (χ3v) is 4.16. The number of benzene rings is 1. The van der Waals surface area contributed by atoms with Crippen molar-refractivity contribution in [1.82, 2.24) is 0 Å². The zero-order valence-corrected chi connectivity index (χ0v) is 10.6. The van der Waals surface area contributed by atoms with Gasteiger partial charge in [0.2, 0.25) is 9.84 Å². The van der Waals surface area contributed by atoms with Gasteiger partial charge in [0.05, 0.1) is 4.90 Å². The monoisotopic (exact) mass is 293 g/mol. The van der Waals surface area contributed by atoms with Crippen molar-refractivity contribution >= 4 is 31.5 Å². The summed E-state index contributed by atoms with van der Waals surface area (Å²) in [5.74, 6) is -0.313. The van der Waals surface area contributed by atoms with Gasteiger partial charge in [-0.2, -0.15) is 0 Å². The van der Waals surface area contributed by atoms with Crippen LogP contribution in [0.3, 0.4) is 0 Å². The minimum atomic E-state index is -3.39. The first-order valence-electron chi connectivity index (χ1n) is 4.33. The maximum Gasteiger partial charge on any atom is 0.203 e. The van der Waals surface area contributed by atoms with Crippen LogP contribution >= 0.6 is 15.9 Å². The SMILES string of the molecule is CCOCS(=O)(=O)c1ccc(N)cc1Br. The summed E-state index contributed by atoms with van der Waals surface area (Å²) >= 11 is 3.16. The molecule has 0 heterocycles. The molecule has 0 atom stereocenters. The van der Waals surface area contributed by atoms with Crippen LogP contribution in [-0.2, 0) is 14.6 Å². The minimum Gasteiger partial charge on any atom is -0.399 e. The zero-order chi connectivity index (χ0) is 11.5. The van der Waals surface area contributed by atoms with Gasteiger partial charge >= 0.3 is 0 Å². The molecule has 0 aliphatic carbocycles. The van der Waals surface area contributed by atoms with E-state index in [0.717, 1.165) is 0 Å². The number of anilines is 1. The highest BCUT2D eigenvalue weighted by molar-refractivity contribution is 9.10. The Morgan fingerprint density at radius 3 is 2.67 bits per heavy atom. The van der Waals surface area contributed by atoms with E-state index in [1.165, 1.54) is 6.07 Å². The van der Waals surface area contributed by atoms with E-state index in [9.17, 15) is 8.42 Å². The smallest absolute Gasteiger partial charge is 0.203 e. The summed E-state index contributed by atoms with van der Waals surface area (Å²) in [6.07, 6.45) is 0. The van der Waals surface area contributed by atoms with Crippen LogP contribution in [0.1, 0.15) is 6.92 Å². The van der Waals surface area contributed by atoms with Crippen molar-refractivity contribution in [2.24, 2.45) is 0 Å². The molecule has 1 rings (SSSR count). The second-order valence-corrected chi connectivity index (χ2v) is 5.67. The first kappa shape index (κ1) is 12.5. The molecule has 0 unspecified atom stereocenters. The van der Waals surface area contributed by atoms with E-state index >= 15 is 0 Å². The standard InChI is InChI=1S/C9H12BrNO3S/c1-2-14-6-15(12,13)9-4-3-7(11)5-8(9)10/h3-5H,2,6,11H2,1H3. The molecule has 1 aromatic carbocycles. The number of ether oxygens (including phenoxy) is 1. The number of sulfone groups is 1. The molecule has 0 bridgehead atoms. The van der Waals surface area contributed by atoms with Crippen molar-refractivity contribution in [1.29, 1.82) is 0 Å². The van der Waals surface area contributed by atoms with Gasteiger partial charge in [0.25, 0.3) is 0 Å². The fourth-order valence-corrected chi connectivity index (χ4v) is 3.31. The molecule has 0 amide bonds. The highest BCUT2D eigenvalue weighted by atomic mass is 79.9. The van der Waals surface area contributed by atoms with Crippen LogP contribution in [0.25, 0.3) is 0 Å². The topological polar surface area (TPSA) is 69.4 Å². The lowest BCUT2D eigenvalue weighted by molar-refractivity contribution is 0.192. The van der Waals surface area contributed by atoms with Crippen LogP contribution in [0.4, 0.5) is 5.69 Å². The fraction of sp³-hybridized carbons (Fsp3) is 0.333. The van der Waals surface area contributed by atoms with Crippen molar-refractivity contribution < 1.29 is 13.2 Å².